The third-order valence-electron chi connectivity index (χ3n) is 4.42. The van der Waals surface area contributed by atoms with Crippen molar-refractivity contribution in [2.75, 3.05) is 18.8 Å². The Morgan fingerprint density at radius 3 is 2.43 bits per heavy atom. The van der Waals surface area contributed by atoms with Crippen LogP contribution in [0, 0.1) is 5.92 Å². The zero-order chi connectivity index (χ0) is 15.1. The van der Waals surface area contributed by atoms with Crippen LogP contribution in [0.3, 0.4) is 0 Å². The fraction of sp³-hybridized carbons (Fsp3) is 0.929. The second-order valence-electron chi connectivity index (χ2n) is 6.21. The molecule has 2 aliphatic rings. The highest BCUT2D eigenvalue weighted by Crippen LogP contribution is 2.25. The van der Waals surface area contributed by atoms with Crippen molar-refractivity contribution in [1.29, 1.82) is 0 Å². The van der Waals surface area contributed by atoms with E-state index in [1.807, 2.05) is 0 Å². The van der Waals surface area contributed by atoms with Gasteiger partial charge in [0.2, 0.25) is 10.0 Å². The zero-order valence-electron chi connectivity index (χ0n) is 12.7. The van der Waals surface area contributed by atoms with Crippen molar-refractivity contribution in [3.63, 3.8) is 0 Å². The summed E-state index contributed by atoms with van der Waals surface area (Å²) >= 11 is 0. The minimum absolute atomic E-state index is 0.00671. The van der Waals surface area contributed by atoms with Crippen LogP contribution in [-0.2, 0) is 10.0 Å². The molecule has 2 fully saturated rings. The molecule has 2 rings (SSSR count). The molecule has 0 aliphatic heterocycles. The summed E-state index contributed by atoms with van der Waals surface area (Å²) < 4.78 is 26.3. The lowest BCUT2D eigenvalue weighted by Crippen LogP contribution is -2.41. The Kier molecular flexibility index (Phi) is 6.29. The van der Waals surface area contributed by atoms with E-state index >= 15 is 0 Å². The van der Waals surface area contributed by atoms with Gasteiger partial charge in [-0.15, -0.1) is 0 Å². The highest BCUT2D eigenvalue weighted by Gasteiger charge is 2.20. The average Bonchev–Trinajstić information content (AvgIpc) is 2.37. The highest BCUT2D eigenvalue weighted by molar-refractivity contribution is 7.89. The largest absolute Gasteiger partial charge is 0.370 e. The quantitative estimate of drug-likeness (QED) is 0.481. The van der Waals surface area contributed by atoms with Gasteiger partial charge in [0.1, 0.15) is 0 Å². The van der Waals surface area contributed by atoms with Gasteiger partial charge in [-0.3, -0.25) is 4.99 Å². The Balaban J connectivity index is 1.64. The number of hydrogen-bond donors (Lipinski definition) is 3. The summed E-state index contributed by atoms with van der Waals surface area (Å²) in [5, 5.41) is 3.19. The highest BCUT2D eigenvalue weighted by atomic mass is 32.2. The first kappa shape index (κ1) is 16.5. The van der Waals surface area contributed by atoms with Crippen molar-refractivity contribution < 1.29 is 8.42 Å². The number of nitrogens with two attached hydrogens (primary N) is 1. The molecule has 0 bridgehead atoms. The van der Waals surface area contributed by atoms with Gasteiger partial charge in [0.05, 0.1) is 12.3 Å². The van der Waals surface area contributed by atoms with Crippen LogP contribution < -0.4 is 15.8 Å². The van der Waals surface area contributed by atoms with Gasteiger partial charge in [0.15, 0.2) is 5.96 Å². The Hall–Kier alpha value is -0.820. The molecule has 0 atom stereocenters. The van der Waals surface area contributed by atoms with Crippen LogP contribution in [0.1, 0.15) is 51.4 Å². The first-order valence-electron chi connectivity index (χ1n) is 8.09. The van der Waals surface area contributed by atoms with Gasteiger partial charge in [0, 0.05) is 12.6 Å². The van der Waals surface area contributed by atoms with Crippen LogP contribution in [-0.4, -0.2) is 39.3 Å². The Bertz CT molecular complexity index is 440. The van der Waals surface area contributed by atoms with Crippen LogP contribution in [0.15, 0.2) is 4.99 Å². The first-order valence-corrected chi connectivity index (χ1v) is 9.74. The van der Waals surface area contributed by atoms with Crippen molar-refractivity contribution in [2.45, 2.75) is 57.4 Å². The average molecular weight is 316 g/mol. The number of hydrogen-bond acceptors (Lipinski definition) is 3. The molecule has 0 heterocycles. The third-order valence-corrected chi connectivity index (χ3v) is 5.74. The molecule has 0 unspecified atom stereocenters. The van der Waals surface area contributed by atoms with E-state index < -0.39 is 10.0 Å². The van der Waals surface area contributed by atoms with E-state index in [0.717, 1.165) is 25.7 Å². The van der Waals surface area contributed by atoms with Gasteiger partial charge in [0.25, 0.3) is 0 Å². The summed E-state index contributed by atoms with van der Waals surface area (Å²) in [4.78, 5) is 4.13. The summed E-state index contributed by atoms with van der Waals surface area (Å²) in [5.74, 6) is 0.907. The molecule has 2 saturated carbocycles. The fourth-order valence-corrected chi connectivity index (χ4v) is 3.77. The third kappa shape index (κ3) is 6.22. The lowest BCUT2D eigenvalue weighted by Gasteiger charge is -2.25. The number of aliphatic imine (C=N–C) groups is 1. The summed E-state index contributed by atoms with van der Waals surface area (Å²) in [6.45, 7) is 0.785. The van der Waals surface area contributed by atoms with Crippen molar-refractivity contribution in [3.8, 4) is 0 Å². The van der Waals surface area contributed by atoms with Crippen LogP contribution >= 0.6 is 0 Å². The number of nitrogens with one attached hydrogen (secondary N) is 2. The first-order chi connectivity index (χ1) is 10.1. The molecule has 0 saturated heterocycles. The fourth-order valence-electron chi connectivity index (χ4n) is 2.80. The Morgan fingerprint density at radius 2 is 1.81 bits per heavy atom. The van der Waals surface area contributed by atoms with Crippen molar-refractivity contribution in [3.05, 3.63) is 0 Å². The molecular weight excluding hydrogens is 288 g/mol. The van der Waals surface area contributed by atoms with Crippen molar-refractivity contribution in [2.24, 2.45) is 16.6 Å². The van der Waals surface area contributed by atoms with Crippen LogP contribution in [0.2, 0.25) is 0 Å². The minimum atomic E-state index is -3.22. The van der Waals surface area contributed by atoms with Crippen LogP contribution in [0.4, 0.5) is 0 Å². The molecule has 7 heteroatoms. The summed E-state index contributed by atoms with van der Waals surface area (Å²) in [6.07, 6.45) is 9.49. The predicted molar refractivity (Wildman–Crippen MR) is 85.6 cm³/mol. The van der Waals surface area contributed by atoms with Gasteiger partial charge in [-0.1, -0.05) is 25.7 Å². The monoisotopic (exact) mass is 316 g/mol. The number of sulfonamides is 1. The summed E-state index contributed by atoms with van der Waals surface area (Å²) in [5.41, 5.74) is 5.81. The molecule has 6 nitrogen and oxygen atoms in total. The zero-order valence-corrected chi connectivity index (χ0v) is 13.5. The Morgan fingerprint density at radius 1 is 1.10 bits per heavy atom. The van der Waals surface area contributed by atoms with Gasteiger partial charge in [-0.25, -0.2) is 13.1 Å². The lowest BCUT2D eigenvalue weighted by atomic mass is 9.86. The maximum atomic E-state index is 11.8. The van der Waals surface area contributed by atoms with Gasteiger partial charge >= 0.3 is 0 Å². The topological polar surface area (TPSA) is 96.6 Å². The van der Waals surface area contributed by atoms with E-state index in [2.05, 4.69) is 15.0 Å². The molecule has 122 valence electrons. The van der Waals surface area contributed by atoms with Crippen LogP contribution in [0.5, 0.6) is 0 Å². The number of nitrogens with zero attached hydrogens (tertiary/aromatic N) is 1. The van der Waals surface area contributed by atoms with Crippen LogP contribution in [0.25, 0.3) is 0 Å². The van der Waals surface area contributed by atoms with Gasteiger partial charge in [-0.2, -0.15) is 0 Å². The minimum Gasteiger partial charge on any atom is -0.370 e. The normalized spacial score (nSPS) is 22.0. The molecule has 4 N–H and O–H groups in total. The SMILES string of the molecule is NC(=NCCS(=O)(=O)NCC1CCC1)NC1CCCCC1. The molecule has 0 spiro atoms. The summed E-state index contributed by atoms with van der Waals surface area (Å²) in [7, 11) is -3.22. The number of rotatable bonds is 7. The molecular formula is C14H28N4O2S. The smallest absolute Gasteiger partial charge is 0.213 e. The van der Waals surface area contributed by atoms with E-state index in [1.54, 1.807) is 0 Å². The number of guanidine groups is 1. The second-order valence-corrected chi connectivity index (χ2v) is 8.14. The maximum Gasteiger partial charge on any atom is 0.213 e. The van der Waals surface area contributed by atoms with Gasteiger partial charge in [-0.05, 0) is 31.6 Å². The molecule has 0 aromatic heterocycles. The maximum absolute atomic E-state index is 11.8. The predicted octanol–water partition coefficient (Wildman–Crippen LogP) is 0.943. The summed E-state index contributed by atoms with van der Waals surface area (Å²) in [6, 6.07) is 0.399. The van der Waals surface area contributed by atoms with Crippen molar-refractivity contribution in [1.82, 2.24) is 10.0 Å². The molecule has 0 amide bonds. The van der Waals surface area contributed by atoms with Gasteiger partial charge < -0.3 is 11.1 Å². The molecule has 21 heavy (non-hydrogen) atoms. The van der Waals surface area contributed by atoms with E-state index in [1.165, 1.54) is 25.7 Å². The molecule has 0 aromatic carbocycles. The van der Waals surface area contributed by atoms with E-state index in [-0.39, 0.29) is 12.3 Å². The Labute approximate surface area is 128 Å². The molecule has 0 aromatic rings. The molecule has 0 radical (unpaired) electrons. The molecule has 2 aliphatic carbocycles. The standard InChI is InChI=1S/C14H28N4O2S/c15-14(18-13-7-2-1-3-8-13)16-9-10-21(19,20)17-11-12-5-4-6-12/h12-13,17H,1-11H2,(H3,15,16,18). The van der Waals surface area contributed by atoms with E-state index in [4.69, 9.17) is 5.73 Å². The lowest BCUT2D eigenvalue weighted by molar-refractivity contribution is 0.316. The van der Waals surface area contributed by atoms with E-state index in [9.17, 15) is 8.42 Å². The second kappa shape index (κ2) is 7.98. The van der Waals surface area contributed by atoms with Crippen molar-refractivity contribution >= 4 is 16.0 Å². The van der Waals surface area contributed by atoms with E-state index in [0.29, 0.717) is 24.5 Å².